The third-order valence-corrected chi connectivity index (χ3v) is 3.36. The molecule has 0 heterocycles. The molecule has 0 aliphatic rings. The lowest BCUT2D eigenvalue weighted by molar-refractivity contribution is 0.282. The van der Waals surface area contributed by atoms with Crippen LogP contribution in [0, 0.1) is 0 Å². The Balaban J connectivity index is 2.07. The zero-order valence-electron chi connectivity index (χ0n) is 10.7. The number of benzene rings is 2. The number of aliphatic hydroxyl groups is 1. The molecule has 0 fully saturated rings. The number of nitrogens with one attached hydrogen (secondary N) is 1. The third-order valence-electron chi connectivity index (χ3n) is 2.86. The average molecular weight is 322 g/mol. The minimum absolute atomic E-state index is 0.0692. The van der Waals surface area contributed by atoms with Gasteiger partial charge in [-0.05, 0) is 35.9 Å². The third kappa shape index (κ3) is 3.72. The maximum atomic E-state index is 8.99. The molecule has 0 saturated carbocycles. The molecule has 0 spiro atoms. The van der Waals surface area contributed by atoms with Crippen molar-refractivity contribution >= 4 is 21.6 Å². The molecule has 0 aromatic heterocycles. The van der Waals surface area contributed by atoms with Crippen LogP contribution in [0.4, 0.5) is 5.69 Å². The van der Waals surface area contributed by atoms with Crippen molar-refractivity contribution in [2.45, 2.75) is 13.2 Å². The van der Waals surface area contributed by atoms with E-state index in [4.69, 9.17) is 9.84 Å². The molecule has 3 nitrogen and oxygen atoms in total. The van der Waals surface area contributed by atoms with Gasteiger partial charge in [0.25, 0.3) is 0 Å². The molecule has 2 aromatic rings. The quantitative estimate of drug-likeness (QED) is 0.884. The number of methoxy groups -OCH3 is 1. The van der Waals surface area contributed by atoms with Gasteiger partial charge in [-0.2, -0.15) is 0 Å². The van der Waals surface area contributed by atoms with Crippen LogP contribution in [0.3, 0.4) is 0 Å². The SMILES string of the molecule is COc1ccc(Br)cc1CNc1ccc(CO)cc1. The molecule has 0 unspecified atom stereocenters. The fourth-order valence-electron chi connectivity index (χ4n) is 1.81. The minimum Gasteiger partial charge on any atom is -0.496 e. The van der Waals surface area contributed by atoms with E-state index < -0.39 is 0 Å². The van der Waals surface area contributed by atoms with Gasteiger partial charge in [0.2, 0.25) is 0 Å². The van der Waals surface area contributed by atoms with Gasteiger partial charge in [0, 0.05) is 22.3 Å². The predicted octanol–water partition coefficient (Wildman–Crippen LogP) is 3.56. The Bertz CT molecular complexity index is 540. The second-order valence-electron chi connectivity index (χ2n) is 4.16. The summed E-state index contributed by atoms with van der Waals surface area (Å²) in [5, 5.41) is 12.3. The van der Waals surface area contributed by atoms with Crippen LogP contribution in [-0.4, -0.2) is 12.2 Å². The summed E-state index contributed by atoms with van der Waals surface area (Å²) in [6.45, 7) is 0.751. The first-order valence-electron chi connectivity index (χ1n) is 5.99. The highest BCUT2D eigenvalue weighted by Crippen LogP contribution is 2.24. The average Bonchev–Trinajstić information content (AvgIpc) is 2.46. The van der Waals surface area contributed by atoms with Crippen molar-refractivity contribution in [2.75, 3.05) is 12.4 Å². The Morgan fingerprint density at radius 2 is 1.89 bits per heavy atom. The van der Waals surface area contributed by atoms with Crippen LogP contribution in [0.2, 0.25) is 0 Å². The van der Waals surface area contributed by atoms with Crippen LogP contribution in [0.1, 0.15) is 11.1 Å². The fraction of sp³-hybridized carbons (Fsp3) is 0.200. The molecule has 0 atom stereocenters. The second-order valence-corrected chi connectivity index (χ2v) is 5.08. The zero-order valence-corrected chi connectivity index (χ0v) is 12.3. The van der Waals surface area contributed by atoms with Gasteiger partial charge in [0.1, 0.15) is 5.75 Å². The fourth-order valence-corrected chi connectivity index (χ4v) is 2.22. The summed E-state index contributed by atoms with van der Waals surface area (Å²) in [4.78, 5) is 0. The topological polar surface area (TPSA) is 41.5 Å². The first-order chi connectivity index (χ1) is 9.22. The van der Waals surface area contributed by atoms with Crippen LogP contribution in [0.25, 0.3) is 0 Å². The number of halogens is 1. The predicted molar refractivity (Wildman–Crippen MR) is 80.4 cm³/mol. The monoisotopic (exact) mass is 321 g/mol. The molecular weight excluding hydrogens is 306 g/mol. The van der Waals surface area contributed by atoms with Crippen LogP contribution in [-0.2, 0) is 13.2 Å². The summed E-state index contributed by atoms with van der Waals surface area (Å²) in [5.74, 6) is 0.864. The van der Waals surface area contributed by atoms with Crippen molar-refractivity contribution < 1.29 is 9.84 Å². The lowest BCUT2D eigenvalue weighted by Gasteiger charge is -2.11. The van der Waals surface area contributed by atoms with Gasteiger partial charge in [0.05, 0.1) is 13.7 Å². The van der Waals surface area contributed by atoms with E-state index in [1.807, 2.05) is 42.5 Å². The summed E-state index contributed by atoms with van der Waals surface area (Å²) < 4.78 is 6.36. The first kappa shape index (κ1) is 13.9. The Morgan fingerprint density at radius 3 is 2.53 bits per heavy atom. The van der Waals surface area contributed by atoms with E-state index in [1.54, 1.807) is 7.11 Å². The molecule has 2 N–H and O–H groups in total. The molecule has 100 valence electrons. The van der Waals surface area contributed by atoms with Crippen LogP contribution in [0.5, 0.6) is 5.75 Å². The van der Waals surface area contributed by atoms with Crippen LogP contribution in [0.15, 0.2) is 46.9 Å². The maximum Gasteiger partial charge on any atom is 0.123 e. The molecule has 0 aliphatic heterocycles. The van der Waals surface area contributed by atoms with Crippen molar-refractivity contribution in [3.8, 4) is 5.75 Å². The smallest absolute Gasteiger partial charge is 0.123 e. The van der Waals surface area contributed by atoms with Crippen molar-refractivity contribution in [1.82, 2.24) is 0 Å². The zero-order chi connectivity index (χ0) is 13.7. The van der Waals surface area contributed by atoms with E-state index in [9.17, 15) is 0 Å². The summed E-state index contributed by atoms with van der Waals surface area (Å²) in [7, 11) is 1.67. The largest absolute Gasteiger partial charge is 0.496 e. The summed E-state index contributed by atoms with van der Waals surface area (Å²) in [6.07, 6.45) is 0. The molecule has 4 heteroatoms. The number of aliphatic hydroxyl groups excluding tert-OH is 1. The molecule has 0 saturated heterocycles. The summed E-state index contributed by atoms with van der Waals surface area (Å²) >= 11 is 3.46. The molecule has 0 aliphatic carbocycles. The van der Waals surface area contributed by atoms with Gasteiger partial charge in [0.15, 0.2) is 0 Å². The van der Waals surface area contributed by atoms with E-state index >= 15 is 0 Å². The molecular formula is C15H16BrNO2. The van der Waals surface area contributed by atoms with Gasteiger partial charge in [-0.15, -0.1) is 0 Å². The summed E-state index contributed by atoms with van der Waals surface area (Å²) in [6, 6.07) is 13.6. The lowest BCUT2D eigenvalue weighted by Crippen LogP contribution is -2.01. The Morgan fingerprint density at radius 1 is 1.16 bits per heavy atom. The maximum absolute atomic E-state index is 8.99. The first-order valence-corrected chi connectivity index (χ1v) is 6.78. The molecule has 0 amide bonds. The van der Waals surface area contributed by atoms with E-state index in [-0.39, 0.29) is 6.61 Å². The molecule has 2 rings (SSSR count). The van der Waals surface area contributed by atoms with E-state index in [0.29, 0.717) is 6.54 Å². The number of hydrogen-bond acceptors (Lipinski definition) is 3. The number of anilines is 1. The van der Waals surface area contributed by atoms with Gasteiger partial charge < -0.3 is 15.2 Å². The Kier molecular flexibility index (Phi) is 4.82. The van der Waals surface area contributed by atoms with Gasteiger partial charge in [-0.25, -0.2) is 0 Å². The Hall–Kier alpha value is -1.52. The number of hydrogen-bond donors (Lipinski definition) is 2. The number of ether oxygens (including phenoxy) is 1. The van der Waals surface area contributed by atoms with Crippen molar-refractivity contribution in [1.29, 1.82) is 0 Å². The van der Waals surface area contributed by atoms with E-state index in [0.717, 1.165) is 27.0 Å². The van der Waals surface area contributed by atoms with Gasteiger partial charge in [-0.1, -0.05) is 28.1 Å². The normalized spacial score (nSPS) is 10.3. The minimum atomic E-state index is 0.0692. The van der Waals surface area contributed by atoms with Crippen LogP contribution >= 0.6 is 15.9 Å². The second kappa shape index (κ2) is 6.59. The summed E-state index contributed by atoms with van der Waals surface area (Å²) in [5.41, 5.74) is 3.01. The van der Waals surface area contributed by atoms with Gasteiger partial charge in [-0.3, -0.25) is 0 Å². The molecule has 0 radical (unpaired) electrons. The van der Waals surface area contributed by atoms with Crippen molar-refractivity contribution in [2.24, 2.45) is 0 Å². The van der Waals surface area contributed by atoms with Crippen molar-refractivity contribution in [3.63, 3.8) is 0 Å². The standard InChI is InChI=1S/C15H16BrNO2/c1-19-15-7-4-13(16)8-12(15)9-17-14-5-2-11(10-18)3-6-14/h2-8,17-18H,9-10H2,1H3. The molecule has 0 bridgehead atoms. The molecule has 2 aromatic carbocycles. The Labute approximate surface area is 121 Å². The molecule has 19 heavy (non-hydrogen) atoms. The highest BCUT2D eigenvalue weighted by molar-refractivity contribution is 9.10. The lowest BCUT2D eigenvalue weighted by atomic mass is 10.2. The highest BCUT2D eigenvalue weighted by atomic mass is 79.9. The number of rotatable bonds is 5. The van der Waals surface area contributed by atoms with Gasteiger partial charge >= 0.3 is 0 Å². The highest BCUT2D eigenvalue weighted by Gasteiger charge is 2.03. The van der Waals surface area contributed by atoms with Crippen LogP contribution < -0.4 is 10.1 Å². The van der Waals surface area contributed by atoms with E-state index in [1.165, 1.54) is 0 Å². The van der Waals surface area contributed by atoms with E-state index in [2.05, 4.69) is 21.2 Å². The van der Waals surface area contributed by atoms with Crippen molar-refractivity contribution in [3.05, 3.63) is 58.1 Å².